The largest absolute Gasteiger partial charge is 0.440 e. The zero-order valence-electron chi connectivity index (χ0n) is 13.7. The number of oxazole rings is 1. The van der Waals surface area contributed by atoms with Gasteiger partial charge in [-0.15, -0.1) is 0 Å². The number of benzene rings is 1. The number of hydrogen-bond acceptors (Lipinski definition) is 4. The molecule has 1 fully saturated rings. The summed E-state index contributed by atoms with van der Waals surface area (Å²) in [6.07, 6.45) is -2.46. The van der Waals surface area contributed by atoms with Crippen LogP contribution in [0.5, 0.6) is 0 Å². The fourth-order valence-corrected chi connectivity index (χ4v) is 3.10. The third-order valence-corrected chi connectivity index (χ3v) is 4.41. The SMILES string of the molecule is CC(C)c1nc2cc(CNC3CCCC3O)cc(C(F)(F)F)c2o1. The number of rotatable bonds is 4. The zero-order valence-corrected chi connectivity index (χ0v) is 13.7. The highest BCUT2D eigenvalue weighted by Crippen LogP contribution is 2.37. The maximum Gasteiger partial charge on any atom is 0.420 e. The molecular formula is C17H21F3N2O2. The average Bonchev–Trinajstić information content (AvgIpc) is 3.09. The topological polar surface area (TPSA) is 58.3 Å². The molecule has 0 spiro atoms. The first-order chi connectivity index (χ1) is 11.3. The first kappa shape index (κ1) is 17.2. The van der Waals surface area contributed by atoms with Crippen LogP contribution in [0.25, 0.3) is 11.1 Å². The van der Waals surface area contributed by atoms with Crippen LogP contribution in [0, 0.1) is 0 Å². The summed E-state index contributed by atoms with van der Waals surface area (Å²) in [6.45, 7) is 3.90. The second-order valence-electron chi connectivity index (χ2n) is 6.68. The Bertz CT molecular complexity index is 724. The van der Waals surface area contributed by atoms with Crippen LogP contribution in [-0.4, -0.2) is 22.2 Å². The van der Waals surface area contributed by atoms with E-state index in [9.17, 15) is 18.3 Å². The Morgan fingerprint density at radius 1 is 1.33 bits per heavy atom. The van der Waals surface area contributed by atoms with Gasteiger partial charge in [0, 0.05) is 18.5 Å². The molecule has 1 heterocycles. The van der Waals surface area contributed by atoms with Gasteiger partial charge < -0.3 is 14.8 Å². The van der Waals surface area contributed by atoms with E-state index in [4.69, 9.17) is 4.42 Å². The van der Waals surface area contributed by atoms with Crippen molar-refractivity contribution in [2.75, 3.05) is 0 Å². The number of hydrogen-bond donors (Lipinski definition) is 2. The molecule has 1 aromatic heterocycles. The van der Waals surface area contributed by atoms with Crippen molar-refractivity contribution in [1.82, 2.24) is 10.3 Å². The molecule has 2 atom stereocenters. The van der Waals surface area contributed by atoms with Crippen molar-refractivity contribution < 1.29 is 22.7 Å². The Balaban J connectivity index is 1.93. The highest BCUT2D eigenvalue weighted by Gasteiger charge is 2.35. The predicted octanol–water partition coefficient (Wildman–Crippen LogP) is 3.97. The van der Waals surface area contributed by atoms with Crippen LogP contribution < -0.4 is 5.32 Å². The average molecular weight is 342 g/mol. The predicted molar refractivity (Wildman–Crippen MR) is 83.6 cm³/mol. The smallest absolute Gasteiger partial charge is 0.420 e. The van der Waals surface area contributed by atoms with Crippen LogP contribution in [-0.2, 0) is 12.7 Å². The van der Waals surface area contributed by atoms with Gasteiger partial charge in [0.25, 0.3) is 0 Å². The minimum atomic E-state index is -4.51. The summed E-state index contributed by atoms with van der Waals surface area (Å²) in [5, 5.41) is 13.0. The zero-order chi connectivity index (χ0) is 17.5. The molecular weight excluding hydrogens is 321 g/mol. The molecule has 1 aliphatic rings. The fourth-order valence-electron chi connectivity index (χ4n) is 3.10. The molecule has 7 heteroatoms. The summed E-state index contributed by atoms with van der Waals surface area (Å²) < 4.78 is 45.4. The molecule has 1 aliphatic carbocycles. The van der Waals surface area contributed by atoms with Crippen LogP contribution in [0.4, 0.5) is 13.2 Å². The van der Waals surface area contributed by atoms with Crippen LogP contribution in [0.2, 0.25) is 0 Å². The van der Waals surface area contributed by atoms with Crippen molar-refractivity contribution >= 4 is 11.1 Å². The van der Waals surface area contributed by atoms with Gasteiger partial charge in [-0.2, -0.15) is 13.2 Å². The molecule has 132 valence electrons. The summed E-state index contributed by atoms with van der Waals surface area (Å²) in [6, 6.07) is 2.65. The normalized spacial score (nSPS) is 22.0. The number of fused-ring (bicyclic) bond motifs is 1. The monoisotopic (exact) mass is 342 g/mol. The number of nitrogens with zero attached hydrogens (tertiary/aromatic N) is 1. The van der Waals surface area contributed by atoms with Gasteiger partial charge in [0.2, 0.25) is 0 Å². The van der Waals surface area contributed by atoms with E-state index in [1.807, 2.05) is 13.8 Å². The second kappa shape index (κ2) is 6.37. The van der Waals surface area contributed by atoms with Crippen LogP contribution in [0.15, 0.2) is 16.5 Å². The summed E-state index contributed by atoms with van der Waals surface area (Å²) >= 11 is 0. The summed E-state index contributed by atoms with van der Waals surface area (Å²) in [5.74, 6) is 0.209. The second-order valence-corrected chi connectivity index (χ2v) is 6.68. The Kier molecular flexibility index (Phi) is 4.57. The Hall–Kier alpha value is -1.60. The molecule has 4 nitrogen and oxygen atoms in total. The fraction of sp³-hybridized carbons (Fsp3) is 0.588. The Morgan fingerprint density at radius 3 is 2.67 bits per heavy atom. The Labute approximate surface area is 138 Å². The minimum Gasteiger partial charge on any atom is -0.440 e. The van der Waals surface area contributed by atoms with Crippen molar-refractivity contribution in [1.29, 1.82) is 0 Å². The number of aromatic nitrogens is 1. The highest BCUT2D eigenvalue weighted by atomic mass is 19.4. The lowest BCUT2D eigenvalue weighted by atomic mass is 10.1. The number of aliphatic hydroxyl groups excluding tert-OH is 1. The summed E-state index contributed by atoms with van der Waals surface area (Å²) in [5.41, 5.74) is -0.311. The van der Waals surface area contributed by atoms with Crippen molar-refractivity contribution in [3.05, 3.63) is 29.2 Å². The van der Waals surface area contributed by atoms with E-state index in [0.29, 0.717) is 11.5 Å². The summed E-state index contributed by atoms with van der Waals surface area (Å²) in [4.78, 5) is 4.20. The van der Waals surface area contributed by atoms with Gasteiger partial charge in [-0.1, -0.05) is 13.8 Å². The van der Waals surface area contributed by atoms with E-state index in [2.05, 4.69) is 10.3 Å². The number of alkyl halides is 3. The molecule has 2 N–H and O–H groups in total. The van der Waals surface area contributed by atoms with Gasteiger partial charge in [0.15, 0.2) is 11.5 Å². The number of aliphatic hydroxyl groups is 1. The van der Waals surface area contributed by atoms with Gasteiger partial charge in [-0.3, -0.25) is 0 Å². The molecule has 0 bridgehead atoms. The quantitative estimate of drug-likeness (QED) is 0.883. The van der Waals surface area contributed by atoms with E-state index >= 15 is 0 Å². The third kappa shape index (κ3) is 3.42. The summed E-state index contributed by atoms with van der Waals surface area (Å²) in [7, 11) is 0. The molecule has 24 heavy (non-hydrogen) atoms. The highest BCUT2D eigenvalue weighted by molar-refractivity contribution is 5.78. The maximum absolute atomic E-state index is 13.4. The lowest BCUT2D eigenvalue weighted by Crippen LogP contribution is -2.35. The van der Waals surface area contributed by atoms with Crippen LogP contribution >= 0.6 is 0 Å². The van der Waals surface area contributed by atoms with Crippen molar-refractivity contribution in [3.8, 4) is 0 Å². The molecule has 0 amide bonds. The molecule has 0 radical (unpaired) electrons. The van der Waals surface area contributed by atoms with Crippen molar-refractivity contribution in [3.63, 3.8) is 0 Å². The van der Waals surface area contributed by atoms with E-state index in [1.165, 1.54) is 0 Å². The van der Waals surface area contributed by atoms with Crippen LogP contribution in [0.3, 0.4) is 0 Å². The number of nitrogens with one attached hydrogen (secondary N) is 1. The lowest BCUT2D eigenvalue weighted by molar-refractivity contribution is -0.136. The van der Waals surface area contributed by atoms with E-state index < -0.39 is 17.8 Å². The third-order valence-electron chi connectivity index (χ3n) is 4.41. The minimum absolute atomic E-state index is 0.0708. The van der Waals surface area contributed by atoms with Crippen molar-refractivity contribution in [2.24, 2.45) is 0 Å². The first-order valence-electron chi connectivity index (χ1n) is 8.17. The van der Waals surface area contributed by atoms with Gasteiger partial charge >= 0.3 is 6.18 Å². The van der Waals surface area contributed by atoms with E-state index in [0.717, 1.165) is 25.3 Å². The molecule has 0 saturated heterocycles. The van der Waals surface area contributed by atoms with Crippen molar-refractivity contribution in [2.45, 2.75) is 63.9 Å². The molecule has 3 rings (SSSR count). The Morgan fingerprint density at radius 2 is 2.08 bits per heavy atom. The van der Waals surface area contributed by atoms with Gasteiger partial charge in [-0.25, -0.2) is 4.98 Å². The lowest BCUT2D eigenvalue weighted by Gasteiger charge is -2.17. The first-order valence-corrected chi connectivity index (χ1v) is 8.17. The van der Waals surface area contributed by atoms with E-state index in [-0.39, 0.29) is 29.6 Å². The molecule has 2 aromatic rings. The van der Waals surface area contributed by atoms with E-state index in [1.54, 1.807) is 6.07 Å². The van der Waals surface area contributed by atoms with Gasteiger partial charge in [0.1, 0.15) is 11.1 Å². The molecule has 2 unspecified atom stereocenters. The molecule has 1 aromatic carbocycles. The van der Waals surface area contributed by atoms with Gasteiger partial charge in [0.05, 0.1) is 6.10 Å². The number of halogens is 3. The molecule has 0 aliphatic heterocycles. The van der Waals surface area contributed by atoms with Gasteiger partial charge in [-0.05, 0) is 37.0 Å². The maximum atomic E-state index is 13.4. The van der Waals surface area contributed by atoms with Crippen LogP contribution in [0.1, 0.15) is 56.0 Å². The molecule has 1 saturated carbocycles. The standard InChI is InChI=1S/C17H21F3N2O2/c1-9(2)16-22-13-7-10(8-21-12-4-3-5-14(12)23)6-11(15(13)24-16)17(18,19)20/h6-7,9,12,14,21,23H,3-5,8H2,1-2H3.